The van der Waals surface area contributed by atoms with Crippen LogP contribution < -0.4 is 10.6 Å². The number of oxazole rings is 1. The van der Waals surface area contributed by atoms with Gasteiger partial charge in [-0.2, -0.15) is 0 Å². The Hall–Kier alpha value is -0.870. The fourth-order valence-electron chi connectivity index (χ4n) is 2.65. The van der Waals surface area contributed by atoms with Gasteiger partial charge in [0.25, 0.3) is 0 Å². The van der Waals surface area contributed by atoms with Gasteiger partial charge in [-0.25, -0.2) is 4.98 Å². The fraction of sp³-hybridized carbons (Fsp3) is 0.750. The van der Waals surface area contributed by atoms with Crippen LogP contribution in [0.25, 0.3) is 0 Å². The first kappa shape index (κ1) is 10.3. The summed E-state index contributed by atoms with van der Waals surface area (Å²) in [5, 5.41) is 6.74. The summed E-state index contributed by atoms with van der Waals surface area (Å²) in [7, 11) is 0. The minimum absolute atomic E-state index is 0.569. The molecule has 3 rings (SSSR count). The Kier molecular flexibility index (Phi) is 2.93. The molecule has 2 saturated heterocycles. The van der Waals surface area contributed by atoms with E-state index in [1.807, 2.05) is 6.26 Å². The molecule has 1 aromatic rings. The zero-order valence-corrected chi connectivity index (χ0v) is 9.54. The van der Waals surface area contributed by atoms with Gasteiger partial charge in [-0.05, 0) is 38.4 Å². The average Bonchev–Trinajstić information content (AvgIpc) is 2.99. The van der Waals surface area contributed by atoms with Crippen molar-refractivity contribution in [2.24, 2.45) is 5.92 Å². The van der Waals surface area contributed by atoms with Gasteiger partial charge in [0, 0.05) is 18.9 Å². The molecule has 3 heterocycles. The number of aromatic nitrogens is 1. The maximum Gasteiger partial charge on any atom is 0.194 e. The molecular formula is C12H19N3O. The van der Waals surface area contributed by atoms with E-state index in [-0.39, 0.29) is 0 Å². The number of rotatable bonds is 3. The molecule has 4 nitrogen and oxygen atoms in total. The van der Waals surface area contributed by atoms with Crippen molar-refractivity contribution in [2.75, 3.05) is 26.2 Å². The first-order valence-electron chi connectivity index (χ1n) is 6.27. The van der Waals surface area contributed by atoms with Crippen LogP contribution in [0.5, 0.6) is 0 Å². The Morgan fingerprint density at radius 1 is 1.25 bits per heavy atom. The number of hydrogen-bond acceptors (Lipinski definition) is 4. The van der Waals surface area contributed by atoms with Gasteiger partial charge in [0.05, 0.1) is 5.69 Å². The van der Waals surface area contributed by atoms with Gasteiger partial charge in [-0.3, -0.25) is 0 Å². The second kappa shape index (κ2) is 4.55. The molecule has 1 aromatic heterocycles. The maximum absolute atomic E-state index is 5.57. The van der Waals surface area contributed by atoms with Crippen molar-refractivity contribution in [3.63, 3.8) is 0 Å². The minimum Gasteiger partial charge on any atom is -0.449 e. The van der Waals surface area contributed by atoms with Gasteiger partial charge >= 0.3 is 0 Å². The molecular weight excluding hydrogens is 202 g/mol. The molecule has 0 aromatic carbocycles. The van der Waals surface area contributed by atoms with Crippen LogP contribution in [0.4, 0.5) is 0 Å². The molecule has 0 spiro atoms. The van der Waals surface area contributed by atoms with E-state index in [4.69, 9.17) is 4.42 Å². The minimum atomic E-state index is 0.569. The van der Waals surface area contributed by atoms with Crippen molar-refractivity contribution in [3.05, 3.63) is 17.8 Å². The standard InChI is InChI=1S/C12H19N3O/c1-3-13-6-9(1)5-12-15-11(8-16-12)10-2-4-14-7-10/h8-10,13-14H,1-7H2. The molecule has 0 bridgehead atoms. The van der Waals surface area contributed by atoms with E-state index in [1.54, 1.807) is 0 Å². The third-order valence-corrected chi connectivity index (χ3v) is 3.67. The maximum atomic E-state index is 5.57. The number of nitrogens with one attached hydrogen (secondary N) is 2. The molecule has 0 radical (unpaired) electrons. The second-order valence-corrected chi connectivity index (χ2v) is 4.92. The predicted octanol–water partition coefficient (Wildman–Crippen LogP) is 0.903. The quantitative estimate of drug-likeness (QED) is 0.796. The monoisotopic (exact) mass is 221 g/mol. The molecule has 0 aliphatic carbocycles. The summed E-state index contributed by atoms with van der Waals surface area (Å²) >= 11 is 0. The van der Waals surface area contributed by atoms with E-state index < -0.39 is 0 Å². The summed E-state index contributed by atoms with van der Waals surface area (Å²) in [6.45, 7) is 4.42. The van der Waals surface area contributed by atoms with Crippen LogP contribution in [-0.4, -0.2) is 31.2 Å². The highest BCUT2D eigenvalue weighted by Crippen LogP contribution is 2.23. The predicted molar refractivity (Wildman–Crippen MR) is 61.4 cm³/mol. The van der Waals surface area contributed by atoms with Crippen molar-refractivity contribution in [2.45, 2.75) is 25.2 Å². The third kappa shape index (κ3) is 2.13. The van der Waals surface area contributed by atoms with Crippen molar-refractivity contribution in [1.82, 2.24) is 15.6 Å². The zero-order valence-electron chi connectivity index (χ0n) is 9.54. The highest BCUT2D eigenvalue weighted by molar-refractivity contribution is 5.07. The summed E-state index contributed by atoms with van der Waals surface area (Å²) in [5.74, 6) is 2.21. The first-order valence-corrected chi connectivity index (χ1v) is 6.27. The smallest absolute Gasteiger partial charge is 0.194 e. The lowest BCUT2D eigenvalue weighted by Gasteiger charge is -2.03. The van der Waals surface area contributed by atoms with Gasteiger partial charge in [-0.1, -0.05) is 0 Å². The lowest BCUT2D eigenvalue weighted by Crippen LogP contribution is -2.11. The SMILES string of the molecule is c1oc(CC2CCNC2)nc1C1CCNC1. The van der Waals surface area contributed by atoms with Crippen LogP contribution in [0.3, 0.4) is 0 Å². The van der Waals surface area contributed by atoms with Crippen LogP contribution >= 0.6 is 0 Å². The highest BCUT2D eigenvalue weighted by atomic mass is 16.3. The Bertz CT molecular complexity index is 338. The summed E-state index contributed by atoms with van der Waals surface area (Å²) in [6.07, 6.45) is 5.29. The van der Waals surface area contributed by atoms with Gasteiger partial charge in [0.2, 0.25) is 0 Å². The highest BCUT2D eigenvalue weighted by Gasteiger charge is 2.22. The van der Waals surface area contributed by atoms with Crippen LogP contribution in [-0.2, 0) is 6.42 Å². The number of nitrogens with zero attached hydrogens (tertiary/aromatic N) is 1. The van der Waals surface area contributed by atoms with Crippen molar-refractivity contribution in [1.29, 1.82) is 0 Å². The summed E-state index contributed by atoms with van der Waals surface area (Å²) in [4.78, 5) is 4.62. The molecule has 2 unspecified atom stereocenters. The Balaban J connectivity index is 1.62. The Labute approximate surface area is 95.8 Å². The van der Waals surface area contributed by atoms with E-state index in [0.717, 1.165) is 44.2 Å². The van der Waals surface area contributed by atoms with Crippen LogP contribution in [0.15, 0.2) is 10.7 Å². The van der Waals surface area contributed by atoms with Crippen molar-refractivity contribution < 1.29 is 4.42 Å². The molecule has 2 fully saturated rings. The Morgan fingerprint density at radius 2 is 2.12 bits per heavy atom. The molecule has 4 heteroatoms. The summed E-state index contributed by atoms with van der Waals surface area (Å²) in [6, 6.07) is 0. The van der Waals surface area contributed by atoms with E-state index in [2.05, 4.69) is 15.6 Å². The van der Waals surface area contributed by atoms with Crippen LogP contribution in [0, 0.1) is 5.92 Å². The van der Waals surface area contributed by atoms with E-state index in [1.165, 1.54) is 12.8 Å². The molecule has 0 saturated carbocycles. The molecule has 2 aliphatic heterocycles. The van der Waals surface area contributed by atoms with Crippen molar-refractivity contribution in [3.8, 4) is 0 Å². The molecule has 2 aliphatic rings. The van der Waals surface area contributed by atoms with Crippen molar-refractivity contribution >= 4 is 0 Å². The molecule has 16 heavy (non-hydrogen) atoms. The normalized spacial score (nSPS) is 30.0. The largest absolute Gasteiger partial charge is 0.449 e. The second-order valence-electron chi connectivity index (χ2n) is 4.92. The number of hydrogen-bond donors (Lipinski definition) is 2. The van der Waals surface area contributed by atoms with Gasteiger partial charge in [0.15, 0.2) is 5.89 Å². The van der Waals surface area contributed by atoms with Crippen LogP contribution in [0.2, 0.25) is 0 Å². The van der Waals surface area contributed by atoms with Gasteiger partial charge < -0.3 is 15.1 Å². The fourth-order valence-corrected chi connectivity index (χ4v) is 2.65. The molecule has 88 valence electrons. The zero-order chi connectivity index (χ0) is 10.8. The average molecular weight is 221 g/mol. The molecule has 0 amide bonds. The molecule has 2 atom stereocenters. The van der Waals surface area contributed by atoms with Gasteiger partial charge in [-0.15, -0.1) is 0 Å². The van der Waals surface area contributed by atoms with E-state index in [9.17, 15) is 0 Å². The Morgan fingerprint density at radius 3 is 2.88 bits per heavy atom. The van der Waals surface area contributed by atoms with E-state index >= 15 is 0 Å². The van der Waals surface area contributed by atoms with Crippen LogP contribution in [0.1, 0.15) is 30.3 Å². The lowest BCUT2D eigenvalue weighted by atomic mass is 10.0. The summed E-state index contributed by atoms with van der Waals surface area (Å²) < 4.78 is 5.57. The van der Waals surface area contributed by atoms with Gasteiger partial charge in [0.1, 0.15) is 6.26 Å². The van der Waals surface area contributed by atoms with E-state index in [0.29, 0.717) is 11.8 Å². The topological polar surface area (TPSA) is 50.1 Å². The molecule has 2 N–H and O–H groups in total. The third-order valence-electron chi connectivity index (χ3n) is 3.67. The first-order chi connectivity index (χ1) is 7.92. The lowest BCUT2D eigenvalue weighted by molar-refractivity contribution is 0.442. The summed E-state index contributed by atoms with van der Waals surface area (Å²) in [5.41, 5.74) is 1.14.